The maximum Gasteiger partial charge on any atom is 0.417 e. The number of hydrogen-bond acceptors (Lipinski definition) is 14. The molecule has 424 valence electrons. The number of hydrogen-bond donors (Lipinski definition) is 2. The van der Waals surface area contributed by atoms with Gasteiger partial charge in [0.15, 0.2) is 25.5 Å². The van der Waals surface area contributed by atoms with E-state index in [4.69, 9.17) is 24.9 Å². The molecule has 17 nitrogen and oxygen atoms in total. The molecule has 25 heteroatoms. The average Bonchev–Trinajstić information content (AvgIpc) is 4.13. The Morgan fingerprint density at radius 1 is 0.617 bits per heavy atom. The highest BCUT2D eigenvalue weighted by atomic mass is 32.2. The number of benzene rings is 6. The van der Waals surface area contributed by atoms with Crippen LogP contribution in [0.2, 0.25) is 0 Å². The molecule has 0 fully saturated rings. The number of amidine groups is 1. The fourth-order valence-electron chi connectivity index (χ4n) is 7.96. The number of ether oxygens (including phenoxy) is 2. The summed E-state index contributed by atoms with van der Waals surface area (Å²) in [5.74, 6) is -0.495. The first-order valence-electron chi connectivity index (χ1n) is 24.0. The first-order chi connectivity index (χ1) is 38.1. The SMILES string of the molecule is COC(C)(OC)N(C)C.CS(=O)(=O)c1cccc(-c2ccc(-n3cc(/C(N)=N\O)nc3-c3ccccc3C(F)(F)F)cc2)c1.Cc1nc(-c2cn(-c3ccc(-c4cccc(S(C)(=O)=O)c4)cc3)c(-c3ccccc3C(F)(F)F)n2)no1. The first-order valence-corrected chi connectivity index (χ1v) is 27.7. The summed E-state index contributed by atoms with van der Waals surface area (Å²) in [5.41, 5.74) is 7.68. The second-order valence-corrected chi connectivity index (χ2v) is 22.3. The molecule has 0 radical (unpaired) electrons. The third kappa shape index (κ3) is 14.1. The lowest BCUT2D eigenvalue weighted by atomic mass is 10.0. The number of sulfone groups is 2. The first kappa shape index (κ1) is 60.2. The Morgan fingerprint density at radius 3 is 1.42 bits per heavy atom. The summed E-state index contributed by atoms with van der Waals surface area (Å²) in [6.07, 6.45) is -4.04. The monoisotopic (exact) mass is 1160 g/mol. The van der Waals surface area contributed by atoms with Gasteiger partial charge >= 0.3 is 12.4 Å². The van der Waals surface area contributed by atoms with Crippen molar-refractivity contribution in [2.24, 2.45) is 10.9 Å². The minimum absolute atomic E-state index is 0.00981. The molecule has 3 aromatic heterocycles. The molecule has 0 aliphatic heterocycles. The van der Waals surface area contributed by atoms with Gasteiger partial charge in [-0.25, -0.2) is 26.8 Å². The van der Waals surface area contributed by atoms with Crippen molar-refractivity contribution in [3.8, 4) is 67.9 Å². The number of aryl methyl sites for hydroxylation is 1. The van der Waals surface area contributed by atoms with Crippen LogP contribution >= 0.6 is 0 Å². The number of methoxy groups -OCH3 is 2. The molecule has 6 aromatic carbocycles. The fraction of sp³-hybridized carbons (Fsp3) is 0.196. The van der Waals surface area contributed by atoms with E-state index in [-0.39, 0.29) is 55.6 Å². The molecule has 0 unspecified atom stereocenters. The minimum Gasteiger partial charge on any atom is -0.409 e. The molecule has 0 saturated carbocycles. The molecule has 0 spiro atoms. The summed E-state index contributed by atoms with van der Waals surface area (Å²) < 4.78 is 148. The van der Waals surface area contributed by atoms with Gasteiger partial charge in [0, 0.05) is 75.5 Å². The van der Waals surface area contributed by atoms with Crippen LogP contribution < -0.4 is 5.73 Å². The van der Waals surface area contributed by atoms with Crippen molar-refractivity contribution in [3.05, 3.63) is 181 Å². The van der Waals surface area contributed by atoms with Crippen molar-refractivity contribution < 1.29 is 62.4 Å². The largest absolute Gasteiger partial charge is 0.417 e. The summed E-state index contributed by atoms with van der Waals surface area (Å²) in [7, 11) is 0.246. The zero-order valence-electron chi connectivity index (χ0n) is 44.6. The second-order valence-electron chi connectivity index (χ2n) is 18.2. The second kappa shape index (κ2) is 24.1. The molecule has 0 aliphatic carbocycles. The van der Waals surface area contributed by atoms with Crippen molar-refractivity contribution in [3.63, 3.8) is 0 Å². The lowest BCUT2D eigenvalue weighted by molar-refractivity contribution is -0.270. The van der Waals surface area contributed by atoms with Crippen molar-refractivity contribution >= 4 is 25.5 Å². The van der Waals surface area contributed by atoms with Gasteiger partial charge in [0.1, 0.15) is 23.0 Å². The van der Waals surface area contributed by atoms with Gasteiger partial charge in [-0.1, -0.05) is 95.2 Å². The van der Waals surface area contributed by atoms with Gasteiger partial charge in [-0.2, -0.15) is 31.3 Å². The van der Waals surface area contributed by atoms with E-state index in [2.05, 4.69) is 25.3 Å². The molecule has 0 amide bonds. The Hall–Kier alpha value is -8.49. The van der Waals surface area contributed by atoms with Crippen LogP contribution in [0, 0.1) is 6.92 Å². The number of imidazole rings is 2. The van der Waals surface area contributed by atoms with Crippen molar-refractivity contribution in [2.45, 2.75) is 41.9 Å². The smallest absolute Gasteiger partial charge is 0.409 e. The highest BCUT2D eigenvalue weighted by Gasteiger charge is 2.36. The van der Waals surface area contributed by atoms with Crippen molar-refractivity contribution in [1.29, 1.82) is 0 Å². The Labute approximate surface area is 462 Å². The van der Waals surface area contributed by atoms with E-state index in [0.29, 0.717) is 34.0 Å². The number of halogens is 6. The topological polar surface area (TPSA) is 223 Å². The minimum atomic E-state index is -4.63. The molecular weight excluding hydrogens is 1100 g/mol. The lowest BCUT2D eigenvalue weighted by Gasteiger charge is -2.32. The molecule has 81 heavy (non-hydrogen) atoms. The fourth-order valence-corrected chi connectivity index (χ4v) is 9.29. The van der Waals surface area contributed by atoms with Gasteiger partial charge in [0.2, 0.25) is 17.6 Å². The van der Waals surface area contributed by atoms with E-state index >= 15 is 0 Å². The number of oxime groups is 1. The molecule has 0 aliphatic rings. The van der Waals surface area contributed by atoms with Crippen LogP contribution in [-0.2, 0) is 41.5 Å². The quantitative estimate of drug-likeness (QED) is 0.0274. The highest BCUT2D eigenvalue weighted by molar-refractivity contribution is 7.91. The zero-order chi connectivity index (χ0) is 59.2. The average molecular weight is 1160 g/mol. The van der Waals surface area contributed by atoms with Gasteiger partial charge in [-0.15, -0.1) is 0 Å². The van der Waals surface area contributed by atoms with E-state index in [1.807, 2.05) is 25.9 Å². The zero-order valence-corrected chi connectivity index (χ0v) is 46.2. The van der Waals surface area contributed by atoms with E-state index in [0.717, 1.165) is 30.2 Å². The summed E-state index contributed by atoms with van der Waals surface area (Å²) in [6, 6.07) is 36.8. The number of nitrogens with zero attached hydrogens (tertiary/aromatic N) is 8. The maximum atomic E-state index is 13.8. The molecule has 0 saturated heterocycles. The molecule has 9 rings (SSSR count). The summed E-state index contributed by atoms with van der Waals surface area (Å²) in [6.45, 7) is 3.46. The predicted molar refractivity (Wildman–Crippen MR) is 292 cm³/mol. The molecule has 3 heterocycles. The summed E-state index contributed by atoms with van der Waals surface area (Å²) in [5, 5.41) is 15.8. The Bertz CT molecular complexity index is 3930. The van der Waals surface area contributed by atoms with Crippen LogP contribution in [0.25, 0.3) is 67.9 Å². The van der Waals surface area contributed by atoms with E-state index < -0.39 is 49.1 Å². The van der Waals surface area contributed by atoms with E-state index in [1.54, 1.807) is 112 Å². The van der Waals surface area contributed by atoms with Crippen LogP contribution in [0.15, 0.2) is 177 Å². The van der Waals surface area contributed by atoms with Gasteiger partial charge < -0.3 is 24.9 Å². The molecule has 0 atom stereocenters. The van der Waals surface area contributed by atoms with Gasteiger partial charge in [-0.3, -0.25) is 14.0 Å². The third-order valence-corrected chi connectivity index (χ3v) is 14.8. The van der Waals surface area contributed by atoms with Crippen molar-refractivity contribution in [2.75, 3.05) is 40.8 Å². The van der Waals surface area contributed by atoms with Crippen LogP contribution in [0.5, 0.6) is 0 Å². The lowest BCUT2D eigenvalue weighted by Crippen LogP contribution is -2.44. The van der Waals surface area contributed by atoms with E-state index in [9.17, 15) is 43.2 Å². The predicted octanol–water partition coefficient (Wildman–Crippen LogP) is 11.2. The van der Waals surface area contributed by atoms with Gasteiger partial charge in [-0.05, 0) is 97.0 Å². The Kier molecular flexibility index (Phi) is 17.9. The maximum absolute atomic E-state index is 13.8. The molecule has 3 N–H and O–H groups in total. The summed E-state index contributed by atoms with van der Waals surface area (Å²) >= 11 is 0. The van der Waals surface area contributed by atoms with Crippen molar-refractivity contribution in [1.82, 2.24) is 34.1 Å². The third-order valence-electron chi connectivity index (χ3n) is 12.5. The van der Waals surface area contributed by atoms with Crippen LogP contribution in [0.4, 0.5) is 26.3 Å². The Balaban J connectivity index is 0.000000203. The van der Waals surface area contributed by atoms with E-state index in [1.165, 1.54) is 63.9 Å². The number of rotatable bonds is 13. The number of nitrogens with two attached hydrogens (primary N) is 1. The summed E-state index contributed by atoms with van der Waals surface area (Å²) in [4.78, 5) is 15.0. The number of aromatic nitrogens is 6. The normalized spacial score (nSPS) is 12.4. The van der Waals surface area contributed by atoms with Crippen LogP contribution in [0.3, 0.4) is 0 Å². The molecule has 0 bridgehead atoms. The standard InChI is InChI=1S/C26H19F3N4O3S.C24H19F3N4O3S.C6H15NO2/c1-16-30-24(32-36-16)23-15-33(25(31-23)21-8-3-4-9-22(21)26(27,28)29)19-12-10-17(11-13-19)18-6-5-7-20(14-18)37(2,34)35;1-35(33,34)18-6-4-5-16(13-18)15-9-11-17(12-10-15)31-14-21(22(28)30-32)29-23(31)19-7-2-3-8-20(19)24(25,26)27;1-6(8-4,9-5)7(2)3/h3-15H,1-2H3;2-14,32H,1H3,(H2,28,30);1-5H3. The Morgan fingerprint density at radius 2 is 1.05 bits per heavy atom. The number of alkyl halides is 6. The van der Waals surface area contributed by atoms with Gasteiger partial charge in [0.25, 0.3) is 0 Å². The van der Waals surface area contributed by atoms with Crippen LogP contribution in [-0.4, -0.2) is 109 Å². The van der Waals surface area contributed by atoms with Crippen LogP contribution in [0.1, 0.15) is 29.6 Å². The van der Waals surface area contributed by atoms with Gasteiger partial charge in [0.05, 0.1) is 20.9 Å². The molecule has 9 aromatic rings. The molecular formula is C56H53F6N9O8S2. The highest BCUT2D eigenvalue weighted by Crippen LogP contribution is 2.40.